The molecule has 2 aromatic carbocycles. The highest BCUT2D eigenvalue weighted by Crippen LogP contribution is 2.34. The molecule has 4 rings (SSSR count). The maximum absolute atomic E-state index is 14.0. The number of likely N-dealkylation sites (tertiary alicyclic amines) is 1. The fourth-order valence-corrected chi connectivity index (χ4v) is 3.86. The molecule has 7 heteroatoms. The average molecular weight is 392 g/mol. The molecule has 2 aliphatic rings. The molecule has 5 nitrogen and oxygen atoms in total. The molecule has 0 radical (unpaired) electrons. The van der Waals surface area contributed by atoms with Gasteiger partial charge in [-0.2, -0.15) is 0 Å². The summed E-state index contributed by atoms with van der Waals surface area (Å²) in [7, 11) is 0. The molecule has 2 heterocycles. The smallest absolute Gasteiger partial charge is 0.231 e. The number of carbonyl (C=O) groups is 1. The van der Waals surface area contributed by atoms with Gasteiger partial charge >= 0.3 is 0 Å². The van der Waals surface area contributed by atoms with E-state index >= 15 is 0 Å². The van der Waals surface area contributed by atoms with Crippen molar-refractivity contribution in [2.24, 2.45) is 5.92 Å². The van der Waals surface area contributed by atoms with Crippen molar-refractivity contribution in [2.45, 2.75) is 19.4 Å². The van der Waals surface area contributed by atoms with Crippen molar-refractivity contribution in [1.29, 1.82) is 0 Å². The first-order chi connectivity index (χ1) is 13.1. The van der Waals surface area contributed by atoms with Crippen molar-refractivity contribution in [2.75, 3.05) is 25.2 Å². The number of ether oxygens (including phenoxy) is 2. The highest BCUT2D eigenvalue weighted by atomic mass is 35.5. The highest BCUT2D eigenvalue weighted by molar-refractivity contribution is 6.31. The SMILES string of the molecule is O=C(Nc1ccc2c(c1)OCO2)C1CC[NH+](Cc2c(F)cccc2Cl)CC1. The maximum atomic E-state index is 14.0. The zero-order valence-electron chi connectivity index (χ0n) is 14.8. The first kappa shape index (κ1) is 18.1. The Labute approximate surface area is 162 Å². The highest BCUT2D eigenvalue weighted by Gasteiger charge is 2.28. The van der Waals surface area contributed by atoms with E-state index in [1.54, 1.807) is 24.3 Å². The normalized spacial score (nSPS) is 21.1. The third kappa shape index (κ3) is 4.01. The summed E-state index contributed by atoms with van der Waals surface area (Å²) in [5.41, 5.74) is 1.26. The zero-order chi connectivity index (χ0) is 18.8. The van der Waals surface area contributed by atoms with Gasteiger partial charge in [0, 0.05) is 30.5 Å². The number of halogens is 2. The Bertz CT molecular complexity index is 833. The summed E-state index contributed by atoms with van der Waals surface area (Å²) in [4.78, 5) is 13.8. The molecule has 27 heavy (non-hydrogen) atoms. The van der Waals surface area contributed by atoms with Gasteiger partial charge in [-0.25, -0.2) is 4.39 Å². The second-order valence-corrected chi connectivity index (χ2v) is 7.37. The lowest BCUT2D eigenvalue weighted by atomic mass is 9.95. The standard InChI is InChI=1S/C20H20ClFN2O3/c21-16-2-1-3-17(22)15(16)11-24-8-6-13(7-9-24)20(25)23-14-4-5-18-19(10-14)27-12-26-18/h1-5,10,13H,6-9,11-12H2,(H,23,25)/p+1. The van der Waals surface area contributed by atoms with Gasteiger partial charge in [0.2, 0.25) is 12.7 Å². The molecule has 2 aliphatic heterocycles. The summed E-state index contributed by atoms with van der Waals surface area (Å²) >= 11 is 6.12. The van der Waals surface area contributed by atoms with Gasteiger partial charge in [-0.1, -0.05) is 17.7 Å². The van der Waals surface area contributed by atoms with Crippen LogP contribution in [0.15, 0.2) is 36.4 Å². The molecular weight excluding hydrogens is 371 g/mol. The van der Waals surface area contributed by atoms with Gasteiger partial charge in [0.25, 0.3) is 0 Å². The fraction of sp³-hybridized carbons (Fsp3) is 0.350. The van der Waals surface area contributed by atoms with Crippen LogP contribution in [0, 0.1) is 11.7 Å². The minimum Gasteiger partial charge on any atom is -0.454 e. The molecule has 2 N–H and O–H groups in total. The molecule has 0 atom stereocenters. The number of benzene rings is 2. The van der Waals surface area contributed by atoms with Crippen molar-refractivity contribution < 1.29 is 23.6 Å². The monoisotopic (exact) mass is 391 g/mol. The molecule has 0 spiro atoms. The molecule has 0 unspecified atom stereocenters. The van der Waals surface area contributed by atoms with Crippen LogP contribution in [0.3, 0.4) is 0 Å². The van der Waals surface area contributed by atoms with Gasteiger partial charge in [-0.05, 0) is 24.3 Å². The lowest BCUT2D eigenvalue weighted by Gasteiger charge is -2.29. The number of quaternary nitrogens is 1. The summed E-state index contributed by atoms with van der Waals surface area (Å²) in [5.74, 6) is 1.04. The maximum Gasteiger partial charge on any atom is 0.231 e. The molecule has 142 valence electrons. The van der Waals surface area contributed by atoms with E-state index in [0.29, 0.717) is 34.3 Å². The van der Waals surface area contributed by atoms with Crippen molar-refractivity contribution in [3.05, 3.63) is 52.8 Å². The number of carbonyl (C=O) groups excluding carboxylic acids is 1. The number of hydrogen-bond donors (Lipinski definition) is 2. The number of hydrogen-bond acceptors (Lipinski definition) is 3. The Morgan fingerprint density at radius 1 is 1.19 bits per heavy atom. The molecule has 1 amide bonds. The summed E-state index contributed by atoms with van der Waals surface area (Å²) in [5, 5.41) is 3.42. The number of anilines is 1. The summed E-state index contributed by atoms with van der Waals surface area (Å²) in [6.45, 7) is 2.37. The van der Waals surface area contributed by atoms with Crippen molar-refractivity contribution in [3.8, 4) is 11.5 Å². The third-order valence-corrected chi connectivity index (χ3v) is 5.55. The second-order valence-electron chi connectivity index (χ2n) is 6.96. The van der Waals surface area contributed by atoms with Crippen molar-refractivity contribution >= 4 is 23.2 Å². The van der Waals surface area contributed by atoms with E-state index in [1.165, 1.54) is 11.0 Å². The van der Waals surface area contributed by atoms with Crippen LogP contribution in [0.1, 0.15) is 18.4 Å². The first-order valence-electron chi connectivity index (χ1n) is 9.07. The van der Waals surface area contributed by atoms with Gasteiger partial charge < -0.3 is 19.7 Å². The van der Waals surface area contributed by atoms with E-state index < -0.39 is 0 Å². The van der Waals surface area contributed by atoms with Gasteiger partial charge in [0.1, 0.15) is 12.4 Å². The number of amides is 1. The van der Waals surface area contributed by atoms with Gasteiger partial charge in [0.15, 0.2) is 11.5 Å². The molecule has 2 aromatic rings. The number of rotatable bonds is 4. The van der Waals surface area contributed by atoms with Gasteiger partial charge in [-0.15, -0.1) is 0 Å². The molecule has 1 saturated heterocycles. The fourth-order valence-electron chi connectivity index (χ4n) is 3.63. The number of piperidine rings is 1. The van der Waals surface area contributed by atoms with Crippen molar-refractivity contribution in [3.63, 3.8) is 0 Å². The van der Waals surface area contributed by atoms with Gasteiger partial charge in [-0.3, -0.25) is 4.79 Å². The van der Waals surface area contributed by atoms with E-state index in [4.69, 9.17) is 21.1 Å². The summed E-state index contributed by atoms with van der Waals surface area (Å²) < 4.78 is 24.6. The van der Waals surface area contributed by atoms with Crippen LogP contribution < -0.4 is 19.7 Å². The quantitative estimate of drug-likeness (QED) is 0.842. The topological polar surface area (TPSA) is 52.0 Å². The molecule has 1 fully saturated rings. The van der Waals surface area contributed by atoms with Crippen molar-refractivity contribution in [1.82, 2.24) is 0 Å². The molecule has 0 saturated carbocycles. The van der Waals surface area contributed by atoms with E-state index in [2.05, 4.69) is 5.32 Å². The van der Waals surface area contributed by atoms with Crippen LogP contribution >= 0.6 is 11.6 Å². The predicted molar refractivity (Wildman–Crippen MR) is 99.7 cm³/mol. The summed E-state index contributed by atoms with van der Waals surface area (Å²) in [6, 6.07) is 10.1. The third-order valence-electron chi connectivity index (χ3n) is 5.19. The van der Waals surface area contributed by atoms with E-state index in [0.717, 1.165) is 25.9 Å². The van der Waals surface area contributed by atoms with E-state index in [1.807, 2.05) is 6.07 Å². The summed E-state index contributed by atoms with van der Waals surface area (Å²) in [6.07, 6.45) is 1.52. The van der Waals surface area contributed by atoms with Crippen LogP contribution in [-0.4, -0.2) is 25.8 Å². The second kappa shape index (κ2) is 7.74. The van der Waals surface area contributed by atoms with Crippen LogP contribution in [-0.2, 0) is 11.3 Å². The molecule has 0 aromatic heterocycles. The minimum absolute atomic E-state index is 0.0110. The van der Waals surface area contributed by atoms with E-state index in [9.17, 15) is 9.18 Å². The predicted octanol–water partition coefficient (Wildman–Crippen LogP) is 2.64. The van der Waals surface area contributed by atoms with Crippen LogP contribution in [0.4, 0.5) is 10.1 Å². The van der Waals surface area contributed by atoms with Crippen LogP contribution in [0.25, 0.3) is 0 Å². The first-order valence-corrected chi connectivity index (χ1v) is 9.45. The largest absolute Gasteiger partial charge is 0.454 e. The lowest BCUT2D eigenvalue weighted by molar-refractivity contribution is -0.919. The van der Waals surface area contributed by atoms with Gasteiger partial charge in [0.05, 0.1) is 23.7 Å². The Kier molecular flexibility index (Phi) is 5.18. The average Bonchev–Trinajstić information content (AvgIpc) is 3.13. The van der Waals surface area contributed by atoms with Crippen LogP contribution in [0.5, 0.6) is 11.5 Å². The molecular formula is C20H21ClFN2O3+. The Morgan fingerprint density at radius 2 is 1.96 bits per heavy atom. The Morgan fingerprint density at radius 3 is 2.74 bits per heavy atom. The number of nitrogens with one attached hydrogen (secondary N) is 2. The lowest BCUT2D eigenvalue weighted by Crippen LogP contribution is -3.11. The Balaban J connectivity index is 1.32. The number of fused-ring (bicyclic) bond motifs is 1. The van der Waals surface area contributed by atoms with Crippen LogP contribution in [0.2, 0.25) is 5.02 Å². The Hall–Kier alpha value is -2.31. The molecule has 0 aliphatic carbocycles. The molecule has 0 bridgehead atoms. The van der Waals surface area contributed by atoms with E-state index in [-0.39, 0.29) is 24.4 Å². The minimum atomic E-state index is -0.266. The zero-order valence-corrected chi connectivity index (χ0v) is 15.5.